The van der Waals surface area contributed by atoms with E-state index in [1.54, 1.807) is 4.90 Å². The molecule has 0 aromatic heterocycles. The highest BCUT2D eigenvalue weighted by Crippen LogP contribution is 2.35. The standard InChI is InChI=1S/C13H23NO4/c1-12(2,3)18-11(16)14-6-4-5-13(9-14)7-10(15)8-17-13/h10,15H,4-9H2,1-3H3/t10-,13-/m0/s1. The van der Waals surface area contributed by atoms with Crippen molar-refractivity contribution in [1.29, 1.82) is 0 Å². The molecule has 1 N–H and O–H groups in total. The molecule has 0 aromatic carbocycles. The third kappa shape index (κ3) is 3.14. The van der Waals surface area contributed by atoms with Gasteiger partial charge in [-0.15, -0.1) is 0 Å². The van der Waals surface area contributed by atoms with Crippen LogP contribution in [0.25, 0.3) is 0 Å². The van der Waals surface area contributed by atoms with Gasteiger partial charge in [0.1, 0.15) is 5.60 Å². The van der Waals surface area contributed by atoms with E-state index in [0.29, 0.717) is 26.1 Å². The Balaban J connectivity index is 1.97. The number of amides is 1. The molecule has 2 aliphatic rings. The minimum Gasteiger partial charge on any atom is -0.444 e. The molecule has 18 heavy (non-hydrogen) atoms. The van der Waals surface area contributed by atoms with Gasteiger partial charge in [0.15, 0.2) is 0 Å². The maximum Gasteiger partial charge on any atom is 0.410 e. The van der Waals surface area contributed by atoms with Crippen molar-refractivity contribution >= 4 is 6.09 Å². The summed E-state index contributed by atoms with van der Waals surface area (Å²) < 4.78 is 11.1. The van der Waals surface area contributed by atoms with Gasteiger partial charge in [-0.3, -0.25) is 0 Å². The summed E-state index contributed by atoms with van der Waals surface area (Å²) in [6.45, 7) is 7.19. The lowest BCUT2D eigenvalue weighted by atomic mass is 9.89. The van der Waals surface area contributed by atoms with Gasteiger partial charge in [0.2, 0.25) is 0 Å². The summed E-state index contributed by atoms with van der Waals surface area (Å²) in [5, 5.41) is 9.60. The first-order chi connectivity index (χ1) is 8.30. The molecular formula is C13H23NO4. The lowest BCUT2D eigenvalue weighted by molar-refractivity contribution is -0.0580. The van der Waals surface area contributed by atoms with Crippen molar-refractivity contribution in [2.45, 2.75) is 57.3 Å². The van der Waals surface area contributed by atoms with Crippen LogP contribution in [0.15, 0.2) is 0 Å². The van der Waals surface area contributed by atoms with Crippen molar-refractivity contribution in [2.24, 2.45) is 0 Å². The fourth-order valence-corrected chi connectivity index (χ4v) is 2.69. The summed E-state index contributed by atoms with van der Waals surface area (Å²) in [4.78, 5) is 13.7. The highest BCUT2D eigenvalue weighted by molar-refractivity contribution is 5.68. The van der Waals surface area contributed by atoms with Gasteiger partial charge in [-0.2, -0.15) is 0 Å². The second-order valence-electron chi connectivity index (χ2n) is 6.36. The van der Waals surface area contributed by atoms with Crippen molar-refractivity contribution in [3.05, 3.63) is 0 Å². The third-order valence-electron chi connectivity index (χ3n) is 3.38. The van der Waals surface area contributed by atoms with E-state index in [2.05, 4.69) is 0 Å². The predicted molar refractivity (Wildman–Crippen MR) is 66.3 cm³/mol. The summed E-state index contributed by atoms with van der Waals surface area (Å²) >= 11 is 0. The highest BCUT2D eigenvalue weighted by atomic mass is 16.6. The van der Waals surface area contributed by atoms with Crippen molar-refractivity contribution in [2.75, 3.05) is 19.7 Å². The smallest absolute Gasteiger partial charge is 0.410 e. The van der Waals surface area contributed by atoms with Gasteiger partial charge in [0, 0.05) is 13.0 Å². The average Bonchev–Trinajstić information content (AvgIpc) is 2.57. The van der Waals surface area contributed by atoms with Gasteiger partial charge in [-0.25, -0.2) is 4.79 Å². The Morgan fingerprint density at radius 3 is 2.78 bits per heavy atom. The number of carbonyl (C=O) groups excluding carboxylic acids is 1. The van der Waals surface area contributed by atoms with Crippen LogP contribution < -0.4 is 0 Å². The number of hydrogen-bond donors (Lipinski definition) is 1. The van der Waals surface area contributed by atoms with E-state index >= 15 is 0 Å². The Morgan fingerprint density at radius 1 is 1.50 bits per heavy atom. The third-order valence-corrected chi connectivity index (χ3v) is 3.38. The molecule has 0 saturated carbocycles. The summed E-state index contributed by atoms with van der Waals surface area (Å²) in [5.41, 5.74) is -0.827. The van der Waals surface area contributed by atoms with Crippen molar-refractivity contribution < 1.29 is 19.4 Å². The minimum absolute atomic E-state index is 0.286. The van der Waals surface area contributed by atoms with Gasteiger partial charge >= 0.3 is 6.09 Å². The zero-order valence-corrected chi connectivity index (χ0v) is 11.4. The summed E-state index contributed by atoms with van der Waals surface area (Å²) in [5.74, 6) is 0. The largest absolute Gasteiger partial charge is 0.444 e. The van der Waals surface area contributed by atoms with Crippen LogP contribution in [0.1, 0.15) is 40.0 Å². The monoisotopic (exact) mass is 257 g/mol. The molecule has 5 nitrogen and oxygen atoms in total. The van der Waals surface area contributed by atoms with Gasteiger partial charge < -0.3 is 19.5 Å². The van der Waals surface area contributed by atoms with Gasteiger partial charge in [0.25, 0.3) is 0 Å². The molecule has 0 aromatic rings. The maximum absolute atomic E-state index is 12.0. The second kappa shape index (κ2) is 4.70. The number of aliphatic hydroxyl groups excluding tert-OH is 1. The highest BCUT2D eigenvalue weighted by Gasteiger charge is 2.44. The molecule has 2 heterocycles. The van der Waals surface area contributed by atoms with Crippen molar-refractivity contribution in [3.63, 3.8) is 0 Å². The molecule has 1 spiro atoms. The fraction of sp³-hybridized carbons (Fsp3) is 0.923. The zero-order chi connectivity index (χ0) is 13.4. The molecule has 2 rings (SSSR count). The molecular weight excluding hydrogens is 234 g/mol. The van der Waals surface area contributed by atoms with Gasteiger partial charge in [0.05, 0.1) is 24.9 Å². The molecule has 0 bridgehead atoms. The van der Waals surface area contributed by atoms with Crippen LogP contribution in [0, 0.1) is 0 Å². The molecule has 0 unspecified atom stereocenters. The molecule has 2 saturated heterocycles. The van der Waals surface area contributed by atoms with E-state index < -0.39 is 11.7 Å². The van der Waals surface area contributed by atoms with Crippen LogP contribution in [-0.2, 0) is 9.47 Å². The SMILES string of the molecule is CC(C)(C)OC(=O)N1CCC[C@]2(C[C@H](O)CO2)C1. The Hall–Kier alpha value is -0.810. The average molecular weight is 257 g/mol. The van der Waals surface area contributed by atoms with Crippen molar-refractivity contribution in [3.8, 4) is 0 Å². The first kappa shape index (κ1) is 13.6. The molecule has 5 heteroatoms. The molecule has 2 fully saturated rings. The number of ether oxygens (including phenoxy) is 2. The Kier molecular flexibility index (Phi) is 3.56. The van der Waals surface area contributed by atoms with Crippen LogP contribution in [-0.4, -0.2) is 53.1 Å². The molecule has 1 amide bonds. The fourth-order valence-electron chi connectivity index (χ4n) is 2.69. The predicted octanol–water partition coefficient (Wildman–Crippen LogP) is 1.54. The number of piperidine rings is 1. The van der Waals surface area contributed by atoms with Crippen LogP contribution >= 0.6 is 0 Å². The lowest BCUT2D eigenvalue weighted by Crippen LogP contribution is -2.51. The molecule has 2 aliphatic heterocycles. The molecule has 2 atom stereocenters. The number of nitrogens with zero attached hydrogens (tertiary/aromatic N) is 1. The summed E-state index contributed by atoms with van der Waals surface area (Å²) in [7, 11) is 0. The van der Waals surface area contributed by atoms with E-state index in [0.717, 1.165) is 12.8 Å². The Labute approximate surface area is 108 Å². The lowest BCUT2D eigenvalue weighted by Gasteiger charge is -2.39. The number of carbonyl (C=O) groups is 1. The number of hydrogen-bond acceptors (Lipinski definition) is 4. The Morgan fingerprint density at radius 2 is 2.22 bits per heavy atom. The topological polar surface area (TPSA) is 59.0 Å². The zero-order valence-electron chi connectivity index (χ0n) is 11.4. The van der Waals surface area contributed by atoms with Crippen LogP contribution in [0.5, 0.6) is 0 Å². The summed E-state index contributed by atoms with van der Waals surface area (Å²) in [6, 6.07) is 0. The van der Waals surface area contributed by atoms with E-state index in [-0.39, 0.29) is 11.7 Å². The van der Waals surface area contributed by atoms with Crippen LogP contribution in [0.3, 0.4) is 0 Å². The number of rotatable bonds is 0. The van der Waals surface area contributed by atoms with Gasteiger partial charge in [-0.05, 0) is 33.6 Å². The normalized spacial score (nSPS) is 32.9. The van der Waals surface area contributed by atoms with E-state index in [1.165, 1.54) is 0 Å². The Bertz CT molecular complexity index is 321. The van der Waals surface area contributed by atoms with Gasteiger partial charge in [-0.1, -0.05) is 0 Å². The number of likely N-dealkylation sites (tertiary alicyclic amines) is 1. The van der Waals surface area contributed by atoms with E-state index in [9.17, 15) is 9.90 Å². The molecule has 0 radical (unpaired) electrons. The second-order valence-corrected chi connectivity index (χ2v) is 6.36. The minimum atomic E-state index is -0.474. The molecule has 104 valence electrons. The number of aliphatic hydroxyl groups is 1. The first-order valence-corrected chi connectivity index (χ1v) is 6.60. The van der Waals surface area contributed by atoms with Crippen LogP contribution in [0.4, 0.5) is 4.79 Å². The quantitative estimate of drug-likeness (QED) is 0.715. The summed E-state index contributed by atoms with van der Waals surface area (Å²) in [6.07, 6.45) is 1.73. The van der Waals surface area contributed by atoms with Crippen molar-refractivity contribution in [1.82, 2.24) is 4.90 Å². The van der Waals surface area contributed by atoms with E-state index in [4.69, 9.17) is 9.47 Å². The molecule has 0 aliphatic carbocycles. The first-order valence-electron chi connectivity index (χ1n) is 6.60. The van der Waals surface area contributed by atoms with E-state index in [1.807, 2.05) is 20.8 Å². The maximum atomic E-state index is 12.0. The van der Waals surface area contributed by atoms with Crippen LogP contribution in [0.2, 0.25) is 0 Å².